The number of hydrogen-bond acceptors (Lipinski definition) is 10. The van der Waals surface area contributed by atoms with E-state index in [1.165, 1.54) is 33.6 Å². The molecular formula is C33H42N10. The summed E-state index contributed by atoms with van der Waals surface area (Å²) in [5.41, 5.74) is 7.15. The van der Waals surface area contributed by atoms with E-state index in [0.29, 0.717) is 0 Å². The van der Waals surface area contributed by atoms with E-state index < -0.39 is 0 Å². The Hall–Kier alpha value is -4.08. The molecule has 6 heterocycles. The molecule has 2 aromatic carbocycles. The van der Waals surface area contributed by atoms with Gasteiger partial charge < -0.3 is 31.9 Å². The number of anilines is 2. The standard InChI is InChI=1S/C33H42N10/c1-32(30-38-11-12-39-30)18-24(28-34-7-8-35-28)22-16-20(3-5-26(22)42-32)15-21-4-6-27-23(17-21)25(29-36-9-10-37-29)19-33(2,43-27)31-40-13-14-41-31/h3-6,16-17,24-25,42-43H,7-15,18-19H2,1-2H3,(H,34,35)(H,36,37)(H,38,39)(H,40,41). The molecule has 0 spiro atoms. The molecule has 2 aromatic rings. The number of rotatable bonds is 6. The first kappa shape index (κ1) is 26.5. The number of nitrogens with zero attached hydrogens (tertiary/aromatic N) is 4. The fourth-order valence-electron chi connectivity index (χ4n) is 7.85. The molecule has 6 N–H and O–H groups in total. The van der Waals surface area contributed by atoms with Gasteiger partial charge in [0.05, 0.1) is 37.3 Å². The lowest BCUT2D eigenvalue weighted by molar-refractivity contribution is 0.550. The molecule has 4 atom stereocenters. The van der Waals surface area contributed by atoms with Crippen molar-refractivity contribution < 1.29 is 0 Å². The normalized spacial score (nSPS) is 30.7. The summed E-state index contributed by atoms with van der Waals surface area (Å²) in [7, 11) is 0. The molecule has 6 aliphatic rings. The number of amidine groups is 4. The van der Waals surface area contributed by atoms with E-state index in [0.717, 1.165) is 95.0 Å². The summed E-state index contributed by atoms with van der Waals surface area (Å²) in [6, 6.07) is 13.9. The summed E-state index contributed by atoms with van der Waals surface area (Å²) in [6.45, 7) is 11.6. The molecular weight excluding hydrogens is 536 g/mol. The van der Waals surface area contributed by atoms with Gasteiger partial charge >= 0.3 is 0 Å². The second-order valence-corrected chi connectivity index (χ2v) is 13.1. The predicted octanol–water partition coefficient (Wildman–Crippen LogP) is 2.60. The van der Waals surface area contributed by atoms with Gasteiger partial charge in [0, 0.05) is 49.4 Å². The highest BCUT2D eigenvalue weighted by molar-refractivity contribution is 6.01. The molecule has 6 aliphatic heterocycles. The van der Waals surface area contributed by atoms with E-state index in [1.54, 1.807) is 0 Å². The van der Waals surface area contributed by atoms with Crippen LogP contribution in [0.25, 0.3) is 0 Å². The Morgan fingerprint density at radius 2 is 1.05 bits per heavy atom. The zero-order valence-electron chi connectivity index (χ0n) is 25.2. The summed E-state index contributed by atoms with van der Waals surface area (Å²) < 4.78 is 0. The molecule has 224 valence electrons. The van der Waals surface area contributed by atoms with Gasteiger partial charge in [-0.05, 0) is 67.5 Å². The van der Waals surface area contributed by atoms with Gasteiger partial charge in [0.15, 0.2) is 0 Å². The zero-order chi connectivity index (χ0) is 29.0. The van der Waals surface area contributed by atoms with Crippen LogP contribution in [0, 0.1) is 0 Å². The molecule has 0 amide bonds. The lowest BCUT2D eigenvalue weighted by Crippen LogP contribution is -2.53. The van der Waals surface area contributed by atoms with Gasteiger partial charge in [-0.3, -0.25) is 20.0 Å². The van der Waals surface area contributed by atoms with Gasteiger partial charge in [-0.2, -0.15) is 0 Å². The van der Waals surface area contributed by atoms with Crippen LogP contribution >= 0.6 is 0 Å². The quantitative estimate of drug-likeness (QED) is 0.314. The summed E-state index contributed by atoms with van der Waals surface area (Å²) in [5.74, 6) is 4.78. The van der Waals surface area contributed by atoms with E-state index >= 15 is 0 Å². The number of hydrogen-bond donors (Lipinski definition) is 6. The number of aliphatic imine (C=N–C) groups is 4. The van der Waals surface area contributed by atoms with Crippen LogP contribution in [-0.4, -0.2) is 86.8 Å². The van der Waals surface area contributed by atoms with Crippen LogP contribution < -0.4 is 31.9 Å². The second-order valence-electron chi connectivity index (χ2n) is 13.1. The molecule has 0 saturated heterocycles. The molecule has 43 heavy (non-hydrogen) atoms. The zero-order valence-corrected chi connectivity index (χ0v) is 25.2. The largest absolute Gasteiger partial charge is 0.373 e. The first-order chi connectivity index (χ1) is 21.0. The predicted molar refractivity (Wildman–Crippen MR) is 176 cm³/mol. The molecule has 0 bridgehead atoms. The van der Waals surface area contributed by atoms with Crippen molar-refractivity contribution in [2.45, 2.75) is 56.0 Å². The topological polar surface area (TPSA) is 122 Å². The van der Waals surface area contributed by atoms with Crippen molar-refractivity contribution in [2.75, 3.05) is 63.0 Å². The molecule has 0 fully saturated rings. The maximum atomic E-state index is 4.88. The minimum Gasteiger partial charge on any atom is -0.373 e. The Morgan fingerprint density at radius 1 is 0.605 bits per heavy atom. The molecule has 0 aliphatic carbocycles. The minimum absolute atomic E-state index is 0.210. The average molecular weight is 579 g/mol. The van der Waals surface area contributed by atoms with Crippen LogP contribution in [0.3, 0.4) is 0 Å². The first-order valence-electron chi connectivity index (χ1n) is 15.9. The number of benzene rings is 2. The highest BCUT2D eigenvalue weighted by Crippen LogP contribution is 2.43. The van der Waals surface area contributed by atoms with Gasteiger partial charge in [0.1, 0.15) is 23.3 Å². The second kappa shape index (κ2) is 10.3. The van der Waals surface area contributed by atoms with Gasteiger partial charge in [-0.1, -0.05) is 24.3 Å². The Balaban J connectivity index is 1.11. The Morgan fingerprint density at radius 3 is 1.44 bits per heavy atom. The monoisotopic (exact) mass is 578 g/mol. The van der Waals surface area contributed by atoms with Crippen molar-refractivity contribution in [1.82, 2.24) is 21.3 Å². The van der Waals surface area contributed by atoms with Crippen molar-refractivity contribution in [1.29, 1.82) is 0 Å². The fraction of sp³-hybridized carbons (Fsp3) is 0.515. The first-order valence-corrected chi connectivity index (χ1v) is 15.9. The van der Waals surface area contributed by atoms with Crippen molar-refractivity contribution >= 4 is 34.7 Å². The third kappa shape index (κ3) is 4.71. The van der Waals surface area contributed by atoms with Crippen LogP contribution in [0.15, 0.2) is 56.4 Å². The summed E-state index contributed by atoms with van der Waals surface area (Å²) in [4.78, 5) is 19.3. The van der Waals surface area contributed by atoms with E-state index in [9.17, 15) is 0 Å². The summed E-state index contributed by atoms with van der Waals surface area (Å²) >= 11 is 0. The summed E-state index contributed by atoms with van der Waals surface area (Å²) in [5, 5.41) is 21.9. The molecule has 0 aromatic heterocycles. The van der Waals surface area contributed by atoms with Crippen LogP contribution in [0.4, 0.5) is 11.4 Å². The number of fused-ring (bicyclic) bond motifs is 2. The lowest BCUT2D eigenvalue weighted by atomic mass is 9.77. The molecule has 0 saturated carbocycles. The van der Waals surface area contributed by atoms with Crippen LogP contribution in [0.5, 0.6) is 0 Å². The van der Waals surface area contributed by atoms with E-state index in [-0.39, 0.29) is 22.9 Å². The maximum absolute atomic E-state index is 4.88. The van der Waals surface area contributed by atoms with Crippen molar-refractivity contribution in [3.8, 4) is 0 Å². The van der Waals surface area contributed by atoms with E-state index in [2.05, 4.69) is 82.1 Å². The van der Waals surface area contributed by atoms with E-state index in [4.69, 9.17) is 20.0 Å². The average Bonchev–Trinajstić information content (AvgIpc) is 3.84. The van der Waals surface area contributed by atoms with E-state index in [1.807, 2.05) is 0 Å². The molecule has 10 nitrogen and oxygen atoms in total. The molecule has 10 heteroatoms. The lowest BCUT2D eigenvalue weighted by Gasteiger charge is -2.41. The molecule has 8 rings (SSSR count). The van der Waals surface area contributed by atoms with Crippen LogP contribution in [0.1, 0.15) is 60.8 Å². The third-order valence-electron chi connectivity index (χ3n) is 9.89. The highest BCUT2D eigenvalue weighted by Gasteiger charge is 2.44. The fourth-order valence-corrected chi connectivity index (χ4v) is 7.85. The van der Waals surface area contributed by atoms with Crippen LogP contribution in [0.2, 0.25) is 0 Å². The Kier molecular flexibility index (Phi) is 6.34. The van der Waals surface area contributed by atoms with Gasteiger partial charge in [0.2, 0.25) is 0 Å². The van der Waals surface area contributed by atoms with Gasteiger partial charge in [-0.15, -0.1) is 0 Å². The SMILES string of the molecule is CC1(C2=NCCN2)CC(C2=NCCN2)c2cc(Cc3ccc4c(c3)C(C3=NCCN3)CC(C)(C3=NCCN3)N4)ccc2N1. The smallest absolute Gasteiger partial charge is 0.122 e. The minimum atomic E-state index is -0.242. The maximum Gasteiger partial charge on any atom is 0.122 e. The Bertz CT molecular complexity index is 1460. The Labute approximate surface area is 253 Å². The van der Waals surface area contributed by atoms with Crippen LogP contribution in [-0.2, 0) is 6.42 Å². The number of nitrogens with one attached hydrogen (secondary N) is 6. The highest BCUT2D eigenvalue weighted by atomic mass is 15.2. The van der Waals surface area contributed by atoms with Crippen molar-refractivity contribution in [3.05, 3.63) is 58.7 Å². The van der Waals surface area contributed by atoms with Gasteiger partial charge in [0.25, 0.3) is 0 Å². The van der Waals surface area contributed by atoms with Gasteiger partial charge in [-0.25, -0.2) is 0 Å². The van der Waals surface area contributed by atoms with Crippen molar-refractivity contribution in [2.24, 2.45) is 20.0 Å². The molecule has 0 radical (unpaired) electrons. The third-order valence-corrected chi connectivity index (χ3v) is 9.89. The van der Waals surface area contributed by atoms with Crippen molar-refractivity contribution in [3.63, 3.8) is 0 Å². The molecule has 4 unspecified atom stereocenters. The summed E-state index contributed by atoms with van der Waals surface area (Å²) in [6.07, 6.45) is 2.71.